The third-order valence-electron chi connectivity index (χ3n) is 11.8. The van der Waals surface area contributed by atoms with Crippen molar-refractivity contribution in [2.45, 2.75) is 0 Å². The van der Waals surface area contributed by atoms with Gasteiger partial charge in [-0.2, -0.15) is 9.97 Å². The van der Waals surface area contributed by atoms with Crippen molar-refractivity contribution < 1.29 is 0 Å². The molecule has 290 valence electrons. The Labute approximate surface area is 357 Å². The summed E-state index contributed by atoms with van der Waals surface area (Å²) >= 11 is 0. The van der Waals surface area contributed by atoms with E-state index < -0.39 is 0 Å². The smallest absolute Gasteiger partial charge is 0.238 e. The van der Waals surface area contributed by atoms with Gasteiger partial charge in [-0.15, -0.1) is 0 Å². The molecule has 0 unspecified atom stereocenters. The van der Waals surface area contributed by atoms with Crippen LogP contribution in [-0.4, -0.2) is 29.1 Å². The second-order valence-electron chi connectivity index (χ2n) is 15.5. The van der Waals surface area contributed by atoms with Crippen LogP contribution in [0.5, 0.6) is 0 Å². The molecule has 8 aromatic carbocycles. The van der Waals surface area contributed by atoms with Crippen molar-refractivity contribution in [2.75, 3.05) is 0 Å². The number of para-hydroxylation sites is 2. The summed E-state index contributed by atoms with van der Waals surface area (Å²) in [5.41, 5.74) is 12.6. The number of hydrogen-bond donors (Lipinski definition) is 0. The van der Waals surface area contributed by atoms with E-state index in [4.69, 9.17) is 19.9 Å². The number of fused-ring (bicyclic) bond motifs is 6. The van der Waals surface area contributed by atoms with E-state index >= 15 is 0 Å². The standard InChI is InChI=1S/C56H36N6/c1-5-19-37(20-6-1)41-35-46(38-21-7-2-8-22-38)57-51(36-41)61-47-31-15-13-27-44(47)52-42(29-17-33-49(52)61)43-30-18-34-50-53(43)45-28-14-16-32-48(45)62(50)56-59-54(39-23-9-3-10-24-39)58-55(60-56)40-25-11-4-12-26-40/h1-36H. The Kier molecular flexibility index (Phi) is 8.38. The first-order valence-corrected chi connectivity index (χ1v) is 20.8. The van der Waals surface area contributed by atoms with E-state index in [-0.39, 0.29) is 0 Å². The zero-order chi connectivity index (χ0) is 41.0. The van der Waals surface area contributed by atoms with Crippen LogP contribution in [0, 0.1) is 0 Å². The fourth-order valence-electron chi connectivity index (χ4n) is 9.03. The number of nitrogens with zero attached hydrogens (tertiary/aromatic N) is 6. The number of aromatic nitrogens is 6. The van der Waals surface area contributed by atoms with Gasteiger partial charge in [-0.25, -0.2) is 9.97 Å². The van der Waals surface area contributed by atoms with Gasteiger partial charge in [0.15, 0.2) is 11.6 Å². The SMILES string of the molecule is c1ccc(-c2cc(-c3ccccc3)nc(-n3c4ccccc4c4c(-c5cccc6c5c5ccccc5n6-c5nc(-c6ccccc6)nc(-c6ccccc6)n5)cccc43)c2)cc1. The summed E-state index contributed by atoms with van der Waals surface area (Å²) in [7, 11) is 0. The van der Waals surface area contributed by atoms with Gasteiger partial charge in [0, 0.05) is 38.2 Å². The van der Waals surface area contributed by atoms with Crippen LogP contribution in [0.25, 0.3) is 112 Å². The van der Waals surface area contributed by atoms with E-state index in [0.29, 0.717) is 17.6 Å². The van der Waals surface area contributed by atoms with E-state index in [2.05, 4.69) is 161 Å². The van der Waals surface area contributed by atoms with Gasteiger partial charge in [0.05, 0.1) is 27.8 Å². The number of benzene rings is 8. The lowest BCUT2D eigenvalue weighted by molar-refractivity contribution is 0.953. The highest BCUT2D eigenvalue weighted by atomic mass is 15.2. The Morgan fingerprint density at radius 1 is 0.290 bits per heavy atom. The minimum atomic E-state index is 0.564. The Morgan fingerprint density at radius 3 is 1.27 bits per heavy atom. The van der Waals surface area contributed by atoms with Crippen LogP contribution >= 0.6 is 0 Å². The fourth-order valence-corrected chi connectivity index (χ4v) is 9.03. The lowest BCUT2D eigenvalue weighted by atomic mass is 9.95. The first-order chi connectivity index (χ1) is 30.8. The number of hydrogen-bond acceptors (Lipinski definition) is 4. The molecule has 0 fully saturated rings. The van der Waals surface area contributed by atoms with Gasteiger partial charge < -0.3 is 0 Å². The van der Waals surface area contributed by atoms with E-state index in [1.54, 1.807) is 0 Å². The topological polar surface area (TPSA) is 61.4 Å². The first kappa shape index (κ1) is 35.5. The van der Waals surface area contributed by atoms with Gasteiger partial charge >= 0.3 is 0 Å². The first-order valence-electron chi connectivity index (χ1n) is 20.8. The number of pyridine rings is 1. The molecule has 4 aromatic heterocycles. The Balaban J connectivity index is 1.12. The van der Waals surface area contributed by atoms with Crippen LogP contribution < -0.4 is 0 Å². The maximum Gasteiger partial charge on any atom is 0.238 e. The van der Waals surface area contributed by atoms with Crippen LogP contribution in [0.4, 0.5) is 0 Å². The van der Waals surface area contributed by atoms with Gasteiger partial charge in [-0.05, 0) is 58.7 Å². The van der Waals surface area contributed by atoms with Gasteiger partial charge in [-0.3, -0.25) is 9.13 Å². The van der Waals surface area contributed by atoms with E-state index in [9.17, 15) is 0 Å². The molecule has 0 aliphatic carbocycles. The van der Waals surface area contributed by atoms with Crippen LogP contribution in [0.1, 0.15) is 0 Å². The molecule has 0 atom stereocenters. The number of rotatable bonds is 7. The summed E-state index contributed by atoms with van der Waals surface area (Å²) in [6.45, 7) is 0. The van der Waals surface area contributed by atoms with Crippen molar-refractivity contribution in [3.8, 4) is 68.1 Å². The lowest BCUT2D eigenvalue weighted by Gasteiger charge is -2.13. The molecule has 0 amide bonds. The molecular formula is C56H36N6. The second kappa shape index (κ2) is 14.7. The summed E-state index contributed by atoms with van der Waals surface area (Å²) in [6.07, 6.45) is 0. The molecule has 62 heavy (non-hydrogen) atoms. The van der Waals surface area contributed by atoms with Crippen LogP contribution in [0.3, 0.4) is 0 Å². The molecule has 6 heteroatoms. The molecule has 6 nitrogen and oxygen atoms in total. The quantitative estimate of drug-likeness (QED) is 0.161. The average Bonchev–Trinajstić information content (AvgIpc) is 3.88. The molecule has 0 aliphatic rings. The predicted molar refractivity (Wildman–Crippen MR) is 253 cm³/mol. The predicted octanol–water partition coefficient (Wildman–Crippen LogP) is 13.8. The highest BCUT2D eigenvalue weighted by Gasteiger charge is 2.23. The maximum absolute atomic E-state index is 5.40. The molecule has 12 rings (SSSR count). The minimum Gasteiger partial charge on any atom is -0.294 e. The zero-order valence-corrected chi connectivity index (χ0v) is 33.5. The highest BCUT2D eigenvalue weighted by molar-refractivity contribution is 6.22. The molecule has 0 bridgehead atoms. The largest absolute Gasteiger partial charge is 0.294 e. The summed E-state index contributed by atoms with van der Waals surface area (Å²) in [5, 5.41) is 4.57. The molecule has 0 saturated carbocycles. The monoisotopic (exact) mass is 792 g/mol. The average molecular weight is 793 g/mol. The van der Waals surface area contributed by atoms with Gasteiger partial charge in [0.25, 0.3) is 0 Å². The highest BCUT2D eigenvalue weighted by Crippen LogP contribution is 2.44. The lowest BCUT2D eigenvalue weighted by Crippen LogP contribution is -2.06. The normalized spacial score (nSPS) is 11.5. The van der Waals surface area contributed by atoms with Gasteiger partial charge in [0.1, 0.15) is 5.82 Å². The molecule has 0 N–H and O–H groups in total. The Morgan fingerprint density at radius 2 is 0.726 bits per heavy atom. The second-order valence-corrected chi connectivity index (χ2v) is 15.5. The third kappa shape index (κ3) is 5.88. The van der Waals surface area contributed by atoms with Crippen molar-refractivity contribution in [1.29, 1.82) is 0 Å². The maximum atomic E-state index is 5.40. The molecule has 4 heterocycles. The Bertz CT molecular complexity index is 3260. The van der Waals surface area contributed by atoms with Gasteiger partial charge in [-0.1, -0.05) is 182 Å². The molecule has 0 radical (unpaired) electrons. The van der Waals surface area contributed by atoms with Gasteiger partial charge in [0.2, 0.25) is 5.95 Å². The third-order valence-corrected chi connectivity index (χ3v) is 11.8. The van der Waals surface area contributed by atoms with E-state index in [1.807, 2.05) is 66.7 Å². The van der Waals surface area contributed by atoms with E-state index in [0.717, 1.165) is 88.7 Å². The molecule has 0 saturated heterocycles. The molecular weight excluding hydrogens is 757 g/mol. The summed E-state index contributed by atoms with van der Waals surface area (Å²) in [5.74, 6) is 2.67. The molecule has 0 spiro atoms. The van der Waals surface area contributed by atoms with Crippen LogP contribution in [0.15, 0.2) is 218 Å². The molecule has 0 aliphatic heterocycles. The van der Waals surface area contributed by atoms with Crippen molar-refractivity contribution in [3.05, 3.63) is 218 Å². The van der Waals surface area contributed by atoms with Crippen molar-refractivity contribution in [3.63, 3.8) is 0 Å². The summed E-state index contributed by atoms with van der Waals surface area (Å²) in [6, 6.07) is 76.2. The summed E-state index contributed by atoms with van der Waals surface area (Å²) < 4.78 is 4.53. The van der Waals surface area contributed by atoms with Crippen molar-refractivity contribution in [1.82, 2.24) is 29.1 Å². The van der Waals surface area contributed by atoms with Crippen molar-refractivity contribution >= 4 is 43.6 Å². The van der Waals surface area contributed by atoms with Crippen LogP contribution in [-0.2, 0) is 0 Å². The van der Waals surface area contributed by atoms with Crippen molar-refractivity contribution in [2.24, 2.45) is 0 Å². The summed E-state index contributed by atoms with van der Waals surface area (Å²) in [4.78, 5) is 20.8. The zero-order valence-electron chi connectivity index (χ0n) is 33.5. The van der Waals surface area contributed by atoms with Crippen LogP contribution in [0.2, 0.25) is 0 Å². The minimum absolute atomic E-state index is 0.564. The van der Waals surface area contributed by atoms with E-state index in [1.165, 1.54) is 5.39 Å². The molecule has 12 aromatic rings. The Hall–Kier alpha value is -8.48. The fraction of sp³-hybridized carbons (Fsp3) is 0.